The number of ether oxygens (including phenoxy) is 1. The average molecular weight is 495 g/mol. The summed E-state index contributed by atoms with van der Waals surface area (Å²) in [6, 6.07) is 5.81. The number of guanidine groups is 1. The lowest BCUT2D eigenvalue weighted by atomic mass is 10.1. The van der Waals surface area contributed by atoms with Gasteiger partial charge in [0.2, 0.25) is 0 Å². The van der Waals surface area contributed by atoms with E-state index in [0.29, 0.717) is 5.92 Å². The third-order valence-electron chi connectivity index (χ3n) is 4.64. The van der Waals surface area contributed by atoms with Gasteiger partial charge in [0.05, 0.1) is 7.11 Å². The molecule has 1 aromatic carbocycles. The normalized spacial score (nSPS) is 17.7. The van der Waals surface area contributed by atoms with Crippen LogP contribution in [0.3, 0.4) is 0 Å². The second-order valence-corrected chi connectivity index (χ2v) is 6.95. The molecule has 0 saturated carbocycles. The molecule has 0 aromatic heterocycles. The molecular weight excluding hydrogens is 463 g/mol. The van der Waals surface area contributed by atoms with Gasteiger partial charge < -0.3 is 20.3 Å². The number of nitrogens with zero attached hydrogens (tertiary/aromatic N) is 2. The van der Waals surface area contributed by atoms with Gasteiger partial charge in [0, 0.05) is 31.7 Å². The van der Waals surface area contributed by atoms with Crippen LogP contribution < -0.4 is 15.4 Å². The first-order valence-electron chi connectivity index (χ1n) is 9.15. The van der Waals surface area contributed by atoms with Crippen molar-refractivity contribution in [2.24, 2.45) is 10.9 Å². The maximum absolute atomic E-state index is 6.29. The van der Waals surface area contributed by atoms with Gasteiger partial charge in [0.25, 0.3) is 0 Å². The van der Waals surface area contributed by atoms with E-state index >= 15 is 0 Å². The number of methoxy groups -OCH3 is 1. The van der Waals surface area contributed by atoms with Crippen LogP contribution >= 0.6 is 35.6 Å². The van der Waals surface area contributed by atoms with Crippen molar-refractivity contribution in [1.82, 2.24) is 15.5 Å². The minimum atomic E-state index is 0. The summed E-state index contributed by atoms with van der Waals surface area (Å²) in [4.78, 5) is 6.86. The molecule has 148 valence electrons. The van der Waals surface area contributed by atoms with Gasteiger partial charge in [-0.05, 0) is 56.0 Å². The molecule has 7 heteroatoms. The third-order valence-corrected chi connectivity index (χ3v) is 4.99. The Bertz CT molecular complexity index is 570. The first-order valence-corrected chi connectivity index (χ1v) is 9.53. The Balaban J connectivity index is 0.00000338. The SMILES string of the molecule is CCCN1CCC(CNC(=NC)NCCc2ccc(OC)cc2Cl)C1.I. The van der Waals surface area contributed by atoms with Crippen molar-refractivity contribution >= 4 is 41.5 Å². The summed E-state index contributed by atoms with van der Waals surface area (Å²) in [5, 5.41) is 7.56. The van der Waals surface area contributed by atoms with Crippen molar-refractivity contribution in [3.05, 3.63) is 28.8 Å². The summed E-state index contributed by atoms with van der Waals surface area (Å²) in [5.41, 5.74) is 1.11. The van der Waals surface area contributed by atoms with Crippen LogP contribution in [0.1, 0.15) is 25.3 Å². The van der Waals surface area contributed by atoms with E-state index in [0.717, 1.165) is 41.8 Å². The molecule has 26 heavy (non-hydrogen) atoms. The van der Waals surface area contributed by atoms with Crippen molar-refractivity contribution < 1.29 is 4.74 Å². The van der Waals surface area contributed by atoms with Crippen LogP contribution in [0, 0.1) is 5.92 Å². The van der Waals surface area contributed by atoms with Crippen molar-refractivity contribution in [3.63, 3.8) is 0 Å². The zero-order chi connectivity index (χ0) is 18.1. The Morgan fingerprint density at radius 2 is 2.19 bits per heavy atom. The molecule has 1 unspecified atom stereocenters. The van der Waals surface area contributed by atoms with Gasteiger partial charge in [-0.1, -0.05) is 24.6 Å². The lowest BCUT2D eigenvalue weighted by Crippen LogP contribution is -2.41. The first kappa shape index (κ1) is 23.3. The molecular formula is C19H32ClIN4O. The van der Waals surface area contributed by atoms with E-state index in [9.17, 15) is 0 Å². The van der Waals surface area contributed by atoms with Gasteiger partial charge in [0.1, 0.15) is 5.75 Å². The Morgan fingerprint density at radius 3 is 2.85 bits per heavy atom. The number of benzene rings is 1. The van der Waals surface area contributed by atoms with Crippen molar-refractivity contribution in [2.45, 2.75) is 26.2 Å². The number of nitrogens with one attached hydrogen (secondary N) is 2. The van der Waals surface area contributed by atoms with Gasteiger partial charge in [-0.15, -0.1) is 24.0 Å². The predicted octanol–water partition coefficient (Wildman–Crippen LogP) is 3.41. The maximum atomic E-state index is 6.29. The number of hydrogen-bond donors (Lipinski definition) is 2. The summed E-state index contributed by atoms with van der Waals surface area (Å²) >= 11 is 6.29. The van der Waals surface area contributed by atoms with Gasteiger partial charge >= 0.3 is 0 Å². The van der Waals surface area contributed by atoms with E-state index in [2.05, 4.69) is 27.4 Å². The summed E-state index contributed by atoms with van der Waals surface area (Å²) in [6.07, 6.45) is 3.35. The first-order chi connectivity index (χ1) is 12.2. The minimum absolute atomic E-state index is 0. The summed E-state index contributed by atoms with van der Waals surface area (Å²) in [5.74, 6) is 2.35. The van der Waals surface area contributed by atoms with Crippen molar-refractivity contribution in [1.29, 1.82) is 0 Å². The summed E-state index contributed by atoms with van der Waals surface area (Å²) in [6.45, 7) is 7.64. The highest BCUT2D eigenvalue weighted by Gasteiger charge is 2.21. The Hall–Kier alpha value is -0.730. The fraction of sp³-hybridized carbons (Fsp3) is 0.632. The fourth-order valence-corrected chi connectivity index (χ4v) is 3.50. The van der Waals surface area contributed by atoms with Gasteiger partial charge in [-0.2, -0.15) is 0 Å². The molecule has 0 bridgehead atoms. The molecule has 1 aliphatic heterocycles. The summed E-state index contributed by atoms with van der Waals surface area (Å²) in [7, 11) is 3.46. The number of rotatable bonds is 8. The van der Waals surface area contributed by atoms with Crippen LogP contribution in [0.15, 0.2) is 23.2 Å². The molecule has 0 radical (unpaired) electrons. The van der Waals surface area contributed by atoms with Crippen LogP contribution in [-0.4, -0.2) is 57.7 Å². The maximum Gasteiger partial charge on any atom is 0.190 e. The average Bonchev–Trinajstić information content (AvgIpc) is 3.07. The number of aliphatic imine (C=N–C) groups is 1. The molecule has 1 aliphatic rings. The van der Waals surface area contributed by atoms with Gasteiger partial charge in [0.15, 0.2) is 5.96 Å². The molecule has 2 N–H and O–H groups in total. The molecule has 0 amide bonds. The van der Waals surface area contributed by atoms with Crippen LogP contribution in [0.25, 0.3) is 0 Å². The highest BCUT2D eigenvalue weighted by molar-refractivity contribution is 14.0. The molecule has 1 heterocycles. The van der Waals surface area contributed by atoms with E-state index in [1.165, 1.54) is 32.5 Å². The Morgan fingerprint density at radius 1 is 1.38 bits per heavy atom. The molecule has 1 aromatic rings. The number of hydrogen-bond acceptors (Lipinski definition) is 3. The van der Waals surface area contributed by atoms with Crippen LogP contribution in [-0.2, 0) is 6.42 Å². The molecule has 1 saturated heterocycles. The van der Waals surface area contributed by atoms with E-state index in [4.69, 9.17) is 16.3 Å². The molecule has 0 aliphatic carbocycles. The molecule has 2 rings (SSSR count). The second kappa shape index (κ2) is 12.6. The van der Waals surface area contributed by atoms with Crippen molar-refractivity contribution in [2.75, 3.05) is 46.9 Å². The van der Waals surface area contributed by atoms with E-state index in [-0.39, 0.29) is 24.0 Å². The Labute approximate surface area is 179 Å². The van der Waals surface area contributed by atoms with E-state index in [1.807, 2.05) is 25.2 Å². The van der Waals surface area contributed by atoms with Crippen LogP contribution in [0.2, 0.25) is 5.02 Å². The molecule has 1 fully saturated rings. The zero-order valence-corrected chi connectivity index (χ0v) is 19.1. The van der Waals surface area contributed by atoms with E-state index in [1.54, 1.807) is 7.11 Å². The minimum Gasteiger partial charge on any atom is -0.497 e. The lowest BCUT2D eigenvalue weighted by molar-refractivity contribution is 0.324. The number of halogens is 2. The van der Waals surface area contributed by atoms with Gasteiger partial charge in [-0.3, -0.25) is 4.99 Å². The quantitative estimate of drug-likeness (QED) is 0.330. The second-order valence-electron chi connectivity index (χ2n) is 6.54. The third kappa shape index (κ3) is 7.48. The van der Waals surface area contributed by atoms with Gasteiger partial charge in [-0.25, -0.2) is 0 Å². The zero-order valence-electron chi connectivity index (χ0n) is 16.1. The number of likely N-dealkylation sites (tertiary alicyclic amines) is 1. The van der Waals surface area contributed by atoms with Crippen molar-refractivity contribution in [3.8, 4) is 5.75 Å². The standard InChI is InChI=1S/C19H31ClN4O.HI/c1-4-10-24-11-8-15(14-24)13-23-19(21-2)22-9-7-16-5-6-17(25-3)12-18(16)20;/h5-6,12,15H,4,7-11,13-14H2,1-3H3,(H2,21,22,23);1H. The summed E-state index contributed by atoms with van der Waals surface area (Å²) < 4.78 is 5.18. The highest BCUT2D eigenvalue weighted by atomic mass is 127. The lowest BCUT2D eigenvalue weighted by Gasteiger charge is -2.17. The topological polar surface area (TPSA) is 48.9 Å². The largest absolute Gasteiger partial charge is 0.497 e. The van der Waals surface area contributed by atoms with Crippen LogP contribution in [0.4, 0.5) is 0 Å². The smallest absolute Gasteiger partial charge is 0.190 e. The monoisotopic (exact) mass is 494 g/mol. The van der Waals surface area contributed by atoms with Crippen LogP contribution in [0.5, 0.6) is 5.75 Å². The molecule has 5 nitrogen and oxygen atoms in total. The van der Waals surface area contributed by atoms with E-state index < -0.39 is 0 Å². The molecule has 0 spiro atoms. The Kier molecular flexibility index (Phi) is 11.3. The molecule has 1 atom stereocenters. The predicted molar refractivity (Wildman–Crippen MR) is 121 cm³/mol. The highest BCUT2D eigenvalue weighted by Crippen LogP contribution is 2.22. The fourth-order valence-electron chi connectivity index (χ4n) is 3.23.